The van der Waals surface area contributed by atoms with Crippen molar-refractivity contribution in [2.45, 2.75) is 25.4 Å². The number of nitrogens with zero attached hydrogens (tertiary/aromatic N) is 3. The second kappa shape index (κ2) is 6.80. The number of fused-ring (bicyclic) bond motifs is 1. The van der Waals surface area contributed by atoms with Crippen molar-refractivity contribution in [2.24, 2.45) is 0 Å². The van der Waals surface area contributed by atoms with Crippen LogP contribution in [0.5, 0.6) is 0 Å². The van der Waals surface area contributed by atoms with Crippen LogP contribution in [0.15, 0.2) is 33.8 Å². The van der Waals surface area contributed by atoms with Gasteiger partial charge in [0.05, 0.1) is 17.2 Å². The molecule has 122 valence electrons. The Hall–Kier alpha value is -1.73. The number of aromatic nitrogens is 2. The molecule has 1 aromatic heterocycles. The number of carbonyl (C=O) groups excluding carboxylic acids is 1. The van der Waals surface area contributed by atoms with Crippen molar-refractivity contribution in [3.63, 3.8) is 0 Å². The number of hydrogen-bond acceptors (Lipinski definition) is 4. The van der Waals surface area contributed by atoms with E-state index in [0.717, 1.165) is 24.0 Å². The molecule has 3 rings (SSSR count). The van der Waals surface area contributed by atoms with Crippen molar-refractivity contribution in [3.05, 3.63) is 39.4 Å². The van der Waals surface area contributed by atoms with Gasteiger partial charge in [-0.1, -0.05) is 15.9 Å². The van der Waals surface area contributed by atoms with E-state index in [-0.39, 0.29) is 17.5 Å². The van der Waals surface area contributed by atoms with Gasteiger partial charge in [0.25, 0.3) is 5.56 Å². The number of likely N-dealkylation sites (N-methyl/N-ethyl adjacent to an activating group) is 1. The highest BCUT2D eigenvalue weighted by atomic mass is 79.9. The van der Waals surface area contributed by atoms with E-state index in [1.54, 1.807) is 17.0 Å². The maximum atomic E-state index is 12.5. The van der Waals surface area contributed by atoms with Crippen LogP contribution in [-0.2, 0) is 11.3 Å². The van der Waals surface area contributed by atoms with Crippen LogP contribution in [0.1, 0.15) is 12.8 Å². The summed E-state index contributed by atoms with van der Waals surface area (Å²) in [5, 5.41) is 3.81. The number of nitrogens with one attached hydrogen (secondary N) is 1. The van der Waals surface area contributed by atoms with Gasteiger partial charge in [0.15, 0.2) is 0 Å². The van der Waals surface area contributed by atoms with Gasteiger partial charge in [0.2, 0.25) is 5.91 Å². The van der Waals surface area contributed by atoms with Gasteiger partial charge >= 0.3 is 0 Å². The minimum absolute atomic E-state index is 0.0555. The zero-order chi connectivity index (χ0) is 16.4. The van der Waals surface area contributed by atoms with E-state index in [4.69, 9.17) is 0 Å². The molecule has 2 aromatic rings. The molecule has 23 heavy (non-hydrogen) atoms. The lowest BCUT2D eigenvalue weighted by molar-refractivity contribution is -0.131. The Morgan fingerprint density at radius 1 is 1.52 bits per heavy atom. The molecule has 0 spiro atoms. The van der Waals surface area contributed by atoms with Crippen molar-refractivity contribution < 1.29 is 4.79 Å². The van der Waals surface area contributed by atoms with Gasteiger partial charge < -0.3 is 10.2 Å². The van der Waals surface area contributed by atoms with E-state index >= 15 is 0 Å². The van der Waals surface area contributed by atoms with Crippen LogP contribution < -0.4 is 10.9 Å². The molecule has 0 aliphatic carbocycles. The summed E-state index contributed by atoms with van der Waals surface area (Å²) in [6.07, 6.45) is 2.80. The summed E-state index contributed by atoms with van der Waals surface area (Å²) < 4.78 is 2.35. The molecule has 0 radical (unpaired) electrons. The smallest absolute Gasteiger partial charge is 0.261 e. The van der Waals surface area contributed by atoms with E-state index in [1.165, 1.54) is 10.9 Å². The van der Waals surface area contributed by atoms with Gasteiger partial charge in [-0.05, 0) is 31.2 Å². The largest absolute Gasteiger partial charge is 0.341 e. The monoisotopic (exact) mass is 378 g/mol. The number of hydrogen-bond donors (Lipinski definition) is 1. The molecule has 2 heterocycles. The molecule has 1 N–H and O–H groups in total. The predicted molar refractivity (Wildman–Crippen MR) is 92.4 cm³/mol. The molecule has 0 bridgehead atoms. The van der Waals surface area contributed by atoms with Crippen LogP contribution in [0.25, 0.3) is 10.9 Å². The highest BCUT2D eigenvalue weighted by Crippen LogP contribution is 2.15. The fourth-order valence-electron chi connectivity index (χ4n) is 2.86. The van der Waals surface area contributed by atoms with Crippen LogP contribution in [0, 0.1) is 0 Å². The Labute approximate surface area is 142 Å². The standard InChI is InChI=1S/C16H19BrN4O2/c1-20(12-4-6-18-9-12)15(22)5-7-21-10-19-14-3-2-11(17)8-13(14)16(21)23/h2-3,8,10,12,18H,4-7,9H2,1H3/t12-/m1/s1. The number of rotatable bonds is 4. The third-order valence-corrected chi connectivity index (χ3v) is 4.82. The normalized spacial score (nSPS) is 17.6. The second-order valence-corrected chi connectivity index (χ2v) is 6.72. The molecule has 1 amide bonds. The Morgan fingerprint density at radius 3 is 3.09 bits per heavy atom. The van der Waals surface area contributed by atoms with Gasteiger partial charge in [-0.15, -0.1) is 0 Å². The number of carbonyl (C=O) groups is 1. The number of benzene rings is 1. The first kappa shape index (κ1) is 16.1. The van der Waals surface area contributed by atoms with Crippen molar-refractivity contribution in [2.75, 3.05) is 20.1 Å². The van der Waals surface area contributed by atoms with E-state index in [1.807, 2.05) is 13.1 Å². The second-order valence-electron chi connectivity index (χ2n) is 5.81. The third-order valence-electron chi connectivity index (χ3n) is 4.33. The zero-order valence-electron chi connectivity index (χ0n) is 13.0. The summed E-state index contributed by atoms with van der Waals surface area (Å²) in [6.45, 7) is 2.14. The van der Waals surface area contributed by atoms with Crippen LogP contribution in [0.4, 0.5) is 0 Å². The fraction of sp³-hybridized carbons (Fsp3) is 0.438. The van der Waals surface area contributed by atoms with Gasteiger partial charge in [0.1, 0.15) is 0 Å². The first-order valence-electron chi connectivity index (χ1n) is 7.67. The molecule has 1 atom stereocenters. The Morgan fingerprint density at radius 2 is 2.35 bits per heavy atom. The average molecular weight is 379 g/mol. The summed E-state index contributed by atoms with van der Waals surface area (Å²) in [7, 11) is 1.83. The lowest BCUT2D eigenvalue weighted by Crippen LogP contribution is -2.39. The molecular weight excluding hydrogens is 360 g/mol. The molecule has 1 aromatic carbocycles. The molecule has 7 heteroatoms. The van der Waals surface area contributed by atoms with E-state index in [0.29, 0.717) is 23.9 Å². The minimum atomic E-state index is -0.116. The maximum absolute atomic E-state index is 12.5. The quantitative estimate of drug-likeness (QED) is 0.872. The molecule has 1 aliphatic rings. The molecule has 1 fully saturated rings. The summed E-state index contributed by atoms with van der Waals surface area (Å²) in [4.78, 5) is 30.9. The number of amides is 1. The summed E-state index contributed by atoms with van der Waals surface area (Å²) >= 11 is 3.37. The van der Waals surface area contributed by atoms with Crippen LogP contribution in [0.2, 0.25) is 0 Å². The molecule has 0 unspecified atom stereocenters. The van der Waals surface area contributed by atoms with Crippen molar-refractivity contribution >= 4 is 32.7 Å². The van der Waals surface area contributed by atoms with Gasteiger partial charge in [-0.25, -0.2) is 4.98 Å². The summed E-state index contributed by atoms with van der Waals surface area (Å²) in [6, 6.07) is 5.67. The molecular formula is C16H19BrN4O2. The highest BCUT2D eigenvalue weighted by molar-refractivity contribution is 9.10. The van der Waals surface area contributed by atoms with Gasteiger partial charge in [-0.2, -0.15) is 0 Å². The molecule has 6 nitrogen and oxygen atoms in total. The fourth-order valence-corrected chi connectivity index (χ4v) is 3.22. The lowest BCUT2D eigenvalue weighted by atomic mass is 10.2. The maximum Gasteiger partial charge on any atom is 0.261 e. The number of aryl methyl sites for hydroxylation is 1. The third kappa shape index (κ3) is 3.45. The highest BCUT2D eigenvalue weighted by Gasteiger charge is 2.22. The molecule has 1 aliphatic heterocycles. The van der Waals surface area contributed by atoms with E-state index in [2.05, 4.69) is 26.2 Å². The van der Waals surface area contributed by atoms with E-state index < -0.39 is 0 Å². The van der Waals surface area contributed by atoms with Crippen molar-refractivity contribution in [1.82, 2.24) is 19.8 Å². The summed E-state index contributed by atoms with van der Waals surface area (Å²) in [5.74, 6) is 0.0555. The van der Waals surface area contributed by atoms with Crippen LogP contribution >= 0.6 is 15.9 Å². The molecule has 1 saturated heterocycles. The summed E-state index contributed by atoms with van der Waals surface area (Å²) in [5.41, 5.74) is 0.546. The predicted octanol–water partition coefficient (Wildman–Crippen LogP) is 1.37. The number of halogens is 1. The minimum Gasteiger partial charge on any atom is -0.341 e. The van der Waals surface area contributed by atoms with Crippen LogP contribution in [-0.4, -0.2) is 46.5 Å². The Bertz CT molecular complexity index is 783. The van der Waals surface area contributed by atoms with E-state index in [9.17, 15) is 9.59 Å². The SMILES string of the molecule is CN(C(=O)CCn1cnc2ccc(Br)cc2c1=O)[C@@H]1CCNC1. The van der Waals surface area contributed by atoms with Gasteiger partial charge in [-0.3, -0.25) is 14.2 Å². The zero-order valence-corrected chi connectivity index (χ0v) is 14.5. The first-order valence-corrected chi connectivity index (χ1v) is 8.46. The van der Waals surface area contributed by atoms with Gasteiger partial charge in [0, 0.05) is 37.1 Å². The van der Waals surface area contributed by atoms with Crippen LogP contribution in [0.3, 0.4) is 0 Å². The topological polar surface area (TPSA) is 67.2 Å². The van der Waals surface area contributed by atoms with Crippen molar-refractivity contribution in [1.29, 1.82) is 0 Å². The Balaban J connectivity index is 1.73. The molecule has 0 saturated carbocycles. The first-order chi connectivity index (χ1) is 11.1. The van der Waals surface area contributed by atoms with Crippen molar-refractivity contribution in [3.8, 4) is 0 Å². The Kier molecular flexibility index (Phi) is 4.77. The average Bonchev–Trinajstić information content (AvgIpc) is 3.08. The lowest BCUT2D eigenvalue weighted by Gasteiger charge is -2.23.